The van der Waals surface area contributed by atoms with Crippen molar-refractivity contribution >= 4 is 49.5 Å². The molecule has 0 atom stereocenters. The van der Waals surface area contributed by atoms with E-state index in [2.05, 4.69) is 34.1 Å². The quantitative estimate of drug-likeness (QED) is 0.371. The van der Waals surface area contributed by atoms with Gasteiger partial charge < -0.3 is 4.42 Å². The summed E-state index contributed by atoms with van der Waals surface area (Å²) >= 11 is 9.64. The van der Waals surface area contributed by atoms with Crippen molar-refractivity contribution < 1.29 is 4.42 Å². The largest absolute Gasteiger partial charge is 0.455 e. The van der Waals surface area contributed by atoms with Gasteiger partial charge in [-0.25, -0.2) is 0 Å². The Bertz CT molecular complexity index is 957. The molecule has 0 unspecified atom stereocenters. The Morgan fingerprint density at radius 1 is 0.905 bits per heavy atom. The van der Waals surface area contributed by atoms with Crippen LogP contribution < -0.4 is 0 Å². The molecule has 1 heterocycles. The maximum absolute atomic E-state index is 6.07. The highest BCUT2D eigenvalue weighted by Crippen LogP contribution is 2.40. The molecule has 0 saturated heterocycles. The number of rotatable bonds is 1. The van der Waals surface area contributed by atoms with Gasteiger partial charge in [0.05, 0.1) is 4.47 Å². The second-order valence-electron chi connectivity index (χ2n) is 4.91. The van der Waals surface area contributed by atoms with Crippen LogP contribution in [0.4, 0.5) is 0 Å². The molecule has 0 fully saturated rings. The third kappa shape index (κ3) is 2.06. The highest BCUT2D eigenvalue weighted by Gasteiger charge is 2.15. The van der Waals surface area contributed by atoms with Gasteiger partial charge in [-0.1, -0.05) is 48.0 Å². The Balaban J connectivity index is 2.18. The van der Waals surface area contributed by atoms with E-state index in [4.69, 9.17) is 16.0 Å². The second kappa shape index (κ2) is 4.90. The molecule has 0 bridgehead atoms. The number of fused-ring (bicyclic) bond motifs is 3. The monoisotopic (exact) mass is 356 g/mol. The summed E-state index contributed by atoms with van der Waals surface area (Å²) in [6, 6.07) is 20.2. The number of halogens is 2. The smallest absolute Gasteiger partial charge is 0.150 e. The normalized spacial score (nSPS) is 11.3. The predicted octanol–water partition coefficient (Wildman–Crippen LogP) is 6.67. The predicted molar refractivity (Wildman–Crippen MR) is 91.9 cm³/mol. The van der Waals surface area contributed by atoms with Crippen LogP contribution in [0, 0.1) is 0 Å². The first kappa shape index (κ1) is 12.9. The molecule has 4 aromatic rings. The Kier molecular flexibility index (Phi) is 3.02. The van der Waals surface area contributed by atoms with Crippen LogP contribution in [0.2, 0.25) is 5.02 Å². The summed E-state index contributed by atoms with van der Waals surface area (Å²) in [4.78, 5) is 0. The average molecular weight is 358 g/mol. The lowest BCUT2D eigenvalue weighted by Crippen LogP contribution is -1.79. The number of hydrogen-bond acceptors (Lipinski definition) is 1. The Hall–Kier alpha value is -1.77. The van der Waals surface area contributed by atoms with Gasteiger partial charge in [-0.2, -0.15) is 0 Å². The van der Waals surface area contributed by atoms with Gasteiger partial charge in [-0.05, 0) is 45.3 Å². The molecule has 0 aliphatic carbocycles. The van der Waals surface area contributed by atoms with Crippen molar-refractivity contribution in [2.45, 2.75) is 0 Å². The zero-order chi connectivity index (χ0) is 14.4. The van der Waals surface area contributed by atoms with Gasteiger partial charge >= 0.3 is 0 Å². The molecule has 3 aromatic carbocycles. The van der Waals surface area contributed by atoms with Crippen molar-refractivity contribution in [3.8, 4) is 11.1 Å². The van der Waals surface area contributed by atoms with Crippen molar-refractivity contribution in [2.75, 3.05) is 0 Å². The van der Waals surface area contributed by atoms with Gasteiger partial charge in [0.15, 0.2) is 0 Å². The first-order valence-electron chi connectivity index (χ1n) is 6.60. The number of benzene rings is 3. The first-order valence-corrected chi connectivity index (χ1v) is 7.77. The minimum atomic E-state index is 0.680. The molecule has 102 valence electrons. The van der Waals surface area contributed by atoms with Crippen LogP contribution in [-0.2, 0) is 0 Å². The molecular formula is C18H10BrClO. The van der Waals surface area contributed by atoms with E-state index in [0.717, 1.165) is 32.0 Å². The van der Waals surface area contributed by atoms with Crippen molar-refractivity contribution in [1.29, 1.82) is 0 Å². The SMILES string of the molecule is Clc1ccc2c(c1)oc1c(Br)ccc(-c3ccccc3)c12. The first-order chi connectivity index (χ1) is 10.2. The zero-order valence-electron chi connectivity index (χ0n) is 10.9. The van der Waals surface area contributed by atoms with Crippen molar-refractivity contribution in [2.24, 2.45) is 0 Å². The molecule has 4 rings (SSSR count). The molecule has 0 aliphatic heterocycles. The summed E-state index contributed by atoms with van der Waals surface area (Å²) in [5.74, 6) is 0. The van der Waals surface area contributed by atoms with E-state index < -0.39 is 0 Å². The summed E-state index contributed by atoms with van der Waals surface area (Å²) in [5, 5.41) is 2.87. The van der Waals surface area contributed by atoms with Crippen LogP contribution in [-0.4, -0.2) is 0 Å². The summed E-state index contributed by atoms with van der Waals surface area (Å²) < 4.78 is 6.94. The van der Waals surface area contributed by atoms with Gasteiger partial charge in [0.2, 0.25) is 0 Å². The van der Waals surface area contributed by atoms with Crippen molar-refractivity contribution in [3.63, 3.8) is 0 Å². The van der Waals surface area contributed by atoms with Gasteiger partial charge in [-0.15, -0.1) is 0 Å². The fourth-order valence-electron chi connectivity index (χ4n) is 2.68. The molecular weight excluding hydrogens is 348 g/mol. The minimum Gasteiger partial charge on any atom is -0.455 e. The summed E-state index contributed by atoms with van der Waals surface area (Å²) in [6.07, 6.45) is 0. The molecule has 1 aromatic heterocycles. The van der Waals surface area contributed by atoms with Crippen LogP contribution in [0.5, 0.6) is 0 Å². The van der Waals surface area contributed by atoms with Crippen LogP contribution in [0.25, 0.3) is 33.1 Å². The Labute approximate surface area is 135 Å². The molecule has 0 saturated carbocycles. The fraction of sp³-hybridized carbons (Fsp3) is 0. The highest BCUT2D eigenvalue weighted by atomic mass is 79.9. The van der Waals surface area contributed by atoms with E-state index >= 15 is 0 Å². The van der Waals surface area contributed by atoms with E-state index in [0.29, 0.717) is 5.02 Å². The third-order valence-corrected chi connectivity index (χ3v) is 4.48. The minimum absolute atomic E-state index is 0.680. The Morgan fingerprint density at radius 2 is 1.71 bits per heavy atom. The lowest BCUT2D eigenvalue weighted by molar-refractivity contribution is 0.667. The molecule has 0 aliphatic rings. The van der Waals surface area contributed by atoms with Gasteiger partial charge in [0, 0.05) is 21.9 Å². The lowest BCUT2D eigenvalue weighted by Gasteiger charge is -2.04. The molecule has 0 spiro atoms. The maximum Gasteiger partial charge on any atom is 0.150 e. The standard InChI is InChI=1S/C18H10BrClO/c19-15-9-8-13(11-4-2-1-3-5-11)17-14-7-6-12(20)10-16(14)21-18(15)17/h1-10H. The summed E-state index contributed by atoms with van der Waals surface area (Å²) in [7, 11) is 0. The number of furan rings is 1. The van der Waals surface area contributed by atoms with Crippen LogP contribution in [0.15, 0.2) is 69.6 Å². The van der Waals surface area contributed by atoms with E-state index in [1.54, 1.807) is 0 Å². The van der Waals surface area contributed by atoms with Gasteiger partial charge in [-0.3, -0.25) is 0 Å². The second-order valence-corrected chi connectivity index (χ2v) is 6.20. The van der Waals surface area contributed by atoms with E-state index in [1.807, 2.05) is 42.5 Å². The molecule has 21 heavy (non-hydrogen) atoms. The van der Waals surface area contributed by atoms with Crippen LogP contribution >= 0.6 is 27.5 Å². The third-order valence-electron chi connectivity index (χ3n) is 3.62. The van der Waals surface area contributed by atoms with Gasteiger partial charge in [0.25, 0.3) is 0 Å². The summed E-state index contributed by atoms with van der Waals surface area (Å²) in [6.45, 7) is 0. The van der Waals surface area contributed by atoms with Crippen molar-refractivity contribution in [3.05, 3.63) is 70.2 Å². The number of hydrogen-bond donors (Lipinski definition) is 0. The summed E-state index contributed by atoms with van der Waals surface area (Å²) in [5.41, 5.74) is 4.00. The topological polar surface area (TPSA) is 13.1 Å². The van der Waals surface area contributed by atoms with Gasteiger partial charge in [0.1, 0.15) is 11.2 Å². The molecule has 3 heteroatoms. The molecule has 0 N–H and O–H groups in total. The van der Waals surface area contributed by atoms with E-state index in [9.17, 15) is 0 Å². The van der Waals surface area contributed by atoms with E-state index in [-0.39, 0.29) is 0 Å². The molecule has 0 radical (unpaired) electrons. The maximum atomic E-state index is 6.07. The van der Waals surface area contributed by atoms with E-state index in [1.165, 1.54) is 5.56 Å². The average Bonchev–Trinajstić information content (AvgIpc) is 2.88. The van der Waals surface area contributed by atoms with Crippen LogP contribution in [0.1, 0.15) is 0 Å². The molecule has 0 amide bonds. The fourth-order valence-corrected chi connectivity index (χ4v) is 3.25. The highest BCUT2D eigenvalue weighted by molar-refractivity contribution is 9.10. The van der Waals surface area contributed by atoms with Crippen molar-refractivity contribution in [1.82, 2.24) is 0 Å². The zero-order valence-corrected chi connectivity index (χ0v) is 13.3. The lowest BCUT2D eigenvalue weighted by atomic mass is 10.00. The van der Waals surface area contributed by atoms with Crippen LogP contribution in [0.3, 0.4) is 0 Å². The molecule has 1 nitrogen and oxygen atoms in total. The Morgan fingerprint density at radius 3 is 2.52 bits per heavy atom.